The highest BCUT2D eigenvalue weighted by molar-refractivity contribution is 7.20. The molecule has 0 aliphatic heterocycles. The van der Waals surface area contributed by atoms with Crippen molar-refractivity contribution < 1.29 is 4.42 Å². The molecule has 10 aromatic rings. The summed E-state index contributed by atoms with van der Waals surface area (Å²) < 4.78 is 7.84. The first-order valence-electron chi connectivity index (χ1n) is 18.3. The Morgan fingerprint density at radius 3 is 2.11 bits per heavy atom. The standard InChI is InChI=1S/C50H33NOS/c1-3-14-37-32(11-1)13-9-18-38(37)34-23-27-36(28-24-34)51(46-21-10-19-43-41-17-6-8-22-48(41)53-50(43)46)45-20-7-5-15-39(45)35-26-30-47-44(31-35)42-29-25-33-12-2-4-16-40(33)49(42)52-47/h1-5,7-16,18-31H,6,17H2. The van der Waals surface area contributed by atoms with Gasteiger partial charge < -0.3 is 9.32 Å². The van der Waals surface area contributed by atoms with Crippen molar-refractivity contribution in [2.24, 2.45) is 0 Å². The largest absolute Gasteiger partial charge is 0.455 e. The summed E-state index contributed by atoms with van der Waals surface area (Å²) in [6, 6.07) is 59.6. The number of para-hydroxylation sites is 1. The topological polar surface area (TPSA) is 16.4 Å². The van der Waals surface area contributed by atoms with E-state index in [2.05, 4.69) is 181 Å². The van der Waals surface area contributed by atoms with Crippen LogP contribution in [0.2, 0.25) is 0 Å². The van der Waals surface area contributed by atoms with Crippen molar-refractivity contribution in [2.45, 2.75) is 12.8 Å². The maximum absolute atomic E-state index is 6.52. The van der Waals surface area contributed by atoms with E-state index in [1.165, 1.54) is 59.1 Å². The third kappa shape index (κ3) is 4.85. The summed E-state index contributed by atoms with van der Waals surface area (Å²) in [7, 11) is 0. The monoisotopic (exact) mass is 695 g/mol. The maximum Gasteiger partial charge on any atom is 0.143 e. The number of hydrogen-bond acceptors (Lipinski definition) is 3. The Morgan fingerprint density at radius 1 is 0.509 bits per heavy atom. The van der Waals surface area contributed by atoms with E-state index < -0.39 is 0 Å². The van der Waals surface area contributed by atoms with Gasteiger partial charge in [-0.05, 0) is 105 Å². The Balaban J connectivity index is 1.11. The van der Waals surface area contributed by atoms with Gasteiger partial charge in [0.05, 0.1) is 16.1 Å². The van der Waals surface area contributed by atoms with Crippen molar-refractivity contribution in [3.05, 3.63) is 180 Å². The number of aryl methyl sites for hydroxylation is 1. The van der Waals surface area contributed by atoms with Gasteiger partial charge in [0.25, 0.3) is 0 Å². The summed E-state index contributed by atoms with van der Waals surface area (Å²) in [5.74, 6) is 0. The van der Waals surface area contributed by atoms with Gasteiger partial charge in [-0.25, -0.2) is 0 Å². The molecule has 0 saturated carbocycles. The summed E-state index contributed by atoms with van der Waals surface area (Å²) in [4.78, 5) is 3.85. The fourth-order valence-electron chi connectivity index (χ4n) is 8.42. The van der Waals surface area contributed by atoms with Crippen LogP contribution >= 0.6 is 11.3 Å². The molecule has 0 fully saturated rings. The normalized spacial score (nSPS) is 12.7. The number of anilines is 3. The molecule has 0 atom stereocenters. The number of fused-ring (bicyclic) bond motifs is 9. The number of hydrogen-bond donors (Lipinski definition) is 0. The average Bonchev–Trinajstić information content (AvgIpc) is 3.80. The van der Waals surface area contributed by atoms with E-state index >= 15 is 0 Å². The van der Waals surface area contributed by atoms with Crippen molar-refractivity contribution in [2.75, 3.05) is 4.90 Å². The zero-order valence-electron chi connectivity index (χ0n) is 28.9. The molecule has 250 valence electrons. The molecule has 2 nitrogen and oxygen atoms in total. The van der Waals surface area contributed by atoms with Crippen LogP contribution in [0.1, 0.15) is 16.9 Å². The van der Waals surface area contributed by atoms with Gasteiger partial charge in [-0.1, -0.05) is 127 Å². The smallest absolute Gasteiger partial charge is 0.143 e. The quantitative estimate of drug-likeness (QED) is 0.178. The SMILES string of the molecule is C1=Cc2sc3c(N(c4ccc(-c5cccc6ccccc56)cc4)c4ccccc4-c4ccc5oc6c7ccccc7ccc6c5c4)cccc3c2CC1. The van der Waals surface area contributed by atoms with Gasteiger partial charge in [-0.3, -0.25) is 0 Å². The van der Waals surface area contributed by atoms with Gasteiger partial charge >= 0.3 is 0 Å². The number of rotatable bonds is 5. The minimum atomic E-state index is 0.903. The minimum Gasteiger partial charge on any atom is -0.455 e. The van der Waals surface area contributed by atoms with E-state index in [9.17, 15) is 0 Å². The van der Waals surface area contributed by atoms with Gasteiger partial charge in [0.15, 0.2) is 0 Å². The van der Waals surface area contributed by atoms with Crippen molar-refractivity contribution in [3.63, 3.8) is 0 Å². The Bertz CT molecular complexity index is 3070. The molecule has 8 aromatic carbocycles. The summed E-state index contributed by atoms with van der Waals surface area (Å²) >= 11 is 1.91. The molecule has 0 N–H and O–H groups in total. The molecular weight excluding hydrogens is 663 g/mol. The predicted octanol–water partition coefficient (Wildman–Crippen LogP) is 14.9. The molecule has 0 amide bonds. The van der Waals surface area contributed by atoms with Crippen LogP contribution in [0, 0.1) is 0 Å². The molecule has 0 spiro atoms. The number of nitrogens with zero attached hydrogens (tertiary/aromatic N) is 1. The fraction of sp³-hybridized carbons (Fsp3) is 0.0400. The average molecular weight is 696 g/mol. The highest BCUT2D eigenvalue weighted by atomic mass is 32.1. The van der Waals surface area contributed by atoms with Crippen LogP contribution in [0.25, 0.3) is 81.9 Å². The molecule has 11 rings (SSSR count). The zero-order chi connectivity index (χ0) is 34.9. The van der Waals surface area contributed by atoms with E-state index in [-0.39, 0.29) is 0 Å². The lowest BCUT2D eigenvalue weighted by Crippen LogP contribution is -2.11. The highest BCUT2D eigenvalue weighted by Gasteiger charge is 2.23. The third-order valence-electron chi connectivity index (χ3n) is 10.9. The molecular formula is C50H33NOS. The van der Waals surface area contributed by atoms with Crippen LogP contribution in [0.15, 0.2) is 174 Å². The zero-order valence-corrected chi connectivity index (χ0v) is 29.7. The first-order valence-corrected chi connectivity index (χ1v) is 19.1. The summed E-state index contributed by atoms with van der Waals surface area (Å²) in [5, 5.41) is 8.48. The van der Waals surface area contributed by atoms with E-state index in [1.807, 2.05) is 11.3 Å². The van der Waals surface area contributed by atoms with Gasteiger partial charge in [0.2, 0.25) is 0 Å². The molecule has 1 aliphatic carbocycles. The third-order valence-corrected chi connectivity index (χ3v) is 12.2. The van der Waals surface area contributed by atoms with Gasteiger partial charge in [0, 0.05) is 32.3 Å². The van der Waals surface area contributed by atoms with Gasteiger partial charge in [-0.2, -0.15) is 0 Å². The lowest BCUT2D eigenvalue weighted by Gasteiger charge is -2.28. The van der Waals surface area contributed by atoms with Gasteiger partial charge in [0.1, 0.15) is 11.2 Å². The predicted molar refractivity (Wildman–Crippen MR) is 227 cm³/mol. The Morgan fingerprint density at radius 2 is 1.21 bits per heavy atom. The molecule has 3 heteroatoms. The van der Waals surface area contributed by atoms with Crippen LogP contribution in [-0.4, -0.2) is 0 Å². The number of benzene rings is 8. The molecule has 0 unspecified atom stereocenters. The van der Waals surface area contributed by atoms with Crippen LogP contribution in [-0.2, 0) is 6.42 Å². The molecule has 0 bridgehead atoms. The maximum atomic E-state index is 6.52. The molecule has 0 radical (unpaired) electrons. The van der Waals surface area contributed by atoms with Crippen molar-refractivity contribution in [1.29, 1.82) is 0 Å². The minimum absolute atomic E-state index is 0.903. The first kappa shape index (κ1) is 30.2. The lowest BCUT2D eigenvalue weighted by atomic mass is 9.97. The highest BCUT2D eigenvalue weighted by Crippen LogP contribution is 2.48. The summed E-state index contributed by atoms with van der Waals surface area (Å²) in [6.45, 7) is 0. The molecule has 2 heterocycles. The number of furan rings is 1. The van der Waals surface area contributed by atoms with E-state index in [0.717, 1.165) is 57.1 Å². The molecule has 2 aromatic heterocycles. The van der Waals surface area contributed by atoms with Crippen LogP contribution < -0.4 is 4.90 Å². The van der Waals surface area contributed by atoms with E-state index in [0.29, 0.717) is 0 Å². The molecule has 0 saturated heterocycles. The van der Waals surface area contributed by atoms with Crippen LogP contribution in [0.4, 0.5) is 17.1 Å². The van der Waals surface area contributed by atoms with E-state index in [1.54, 1.807) is 0 Å². The van der Waals surface area contributed by atoms with Crippen molar-refractivity contribution in [1.82, 2.24) is 0 Å². The summed E-state index contributed by atoms with van der Waals surface area (Å²) in [5.41, 5.74) is 11.5. The number of allylic oxidation sites excluding steroid dienone is 1. The van der Waals surface area contributed by atoms with Crippen LogP contribution in [0.3, 0.4) is 0 Å². The van der Waals surface area contributed by atoms with E-state index in [4.69, 9.17) is 4.42 Å². The van der Waals surface area contributed by atoms with Crippen LogP contribution in [0.5, 0.6) is 0 Å². The number of thiophene rings is 1. The second kappa shape index (κ2) is 12.1. The molecule has 1 aliphatic rings. The van der Waals surface area contributed by atoms with Crippen molar-refractivity contribution >= 4 is 88.0 Å². The molecule has 53 heavy (non-hydrogen) atoms. The summed E-state index contributed by atoms with van der Waals surface area (Å²) in [6.07, 6.45) is 6.80. The second-order valence-corrected chi connectivity index (χ2v) is 15.0. The first-order chi connectivity index (χ1) is 26.3. The Labute approximate surface area is 311 Å². The van der Waals surface area contributed by atoms with Crippen molar-refractivity contribution in [3.8, 4) is 22.3 Å². The lowest BCUT2D eigenvalue weighted by molar-refractivity contribution is 0.672. The fourth-order valence-corrected chi connectivity index (χ4v) is 9.71. The Hall–Kier alpha value is -6.42. The van der Waals surface area contributed by atoms with Gasteiger partial charge in [-0.15, -0.1) is 11.3 Å². The Kier molecular flexibility index (Phi) is 6.89. The second-order valence-electron chi connectivity index (χ2n) is 13.9.